The van der Waals surface area contributed by atoms with Gasteiger partial charge in [0, 0.05) is 37.0 Å². The number of amides is 3. The van der Waals surface area contributed by atoms with Gasteiger partial charge >= 0.3 is 6.03 Å². The van der Waals surface area contributed by atoms with E-state index in [1.165, 1.54) is 12.6 Å². The number of benzene rings is 2. The molecule has 2 aromatic heterocycles. The lowest BCUT2D eigenvalue weighted by Gasteiger charge is -2.22. The Labute approximate surface area is 221 Å². The number of rotatable bonds is 7. The number of anilines is 2. The topological polar surface area (TPSA) is 110 Å². The molecule has 0 saturated heterocycles. The lowest BCUT2D eigenvalue weighted by Crippen LogP contribution is -2.21. The van der Waals surface area contributed by atoms with Crippen molar-refractivity contribution < 1.29 is 14.3 Å². The molecule has 0 bridgehead atoms. The smallest absolute Gasteiger partial charge is 0.324 e. The van der Waals surface area contributed by atoms with Crippen molar-refractivity contribution in [3.05, 3.63) is 89.4 Å². The summed E-state index contributed by atoms with van der Waals surface area (Å²) in [6.07, 6.45) is 4.97. The summed E-state index contributed by atoms with van der Waals surface area (Å²) < 4.78 is 7.70. The van der Waals surface area contributed by atoms with Crippen molar-refractivity contribution in [2.75, 3.05) is 17.7 Å². The summed E-state index contributed by atoms with van der Waals surface area (Å²) in [4.78, 5) is 28.9. The quantitative estimate of drug-likeness (QED) is 0.285. The Kier molecular flexibility index (Phi) is 7.08. The van der Waals surface area contributed by atoms with Gasteiger partial charge in [-0.2, -0.15) is 5.10 Å². The van der Waals surface area contributed by atoms with Gasteiger partial charge < -0.3 is 15.4 Å². The molecule has 0 radical (unpaired) electrons. The van der Waals surface area contributed by atoms with Crippen LogP contribution in [0.15, 0.2) is 66.9 Å². The molecule has 9 heteroatoms. The summed E-state index contributed by atoms with van der Waals surface area (Å²) in [5.41, 5.74) is 4.76. The summed E-state index contributed by atoms with van der Waals surface area (Å²) in [7, 11) is 1.55. The number of aryl methyl sites for hydroxylation is 2. The van der Waals surface area contributed by atoms with E-state index in [-0.39, 0.29) is 17.6 Å². The van der Waals surface area contributed by atoms with Crippen molar-refractivity contribution in [1.29, 1.82) is 0 Å². The Balaban J connectivity index is 1.30. The van der Waals surface area contributed by atoms with E-state index in [0.29, 0.717) is 28.9 Å². The van der Waals surface area contributed by atoms with Crippen molar-refractivity contribution in [3.8, 4) is 17.2 Å². The molecule has 0 aliphatic heterocycles. The number of urea groups is 1. The van der Waals surface area contributed by atoms with Gasteiger partial charge in [0.25, 0.3) is 5.91 Å². The van der Waals surface area contributed by atoms with Gasteiger partial charge in [-0.15, -0.1) is 0 Å². The molecule has 4 aromatic rings. The van der Waals surface area contributed by atoms with Crippen molar-refractivity contribution in [2.45, 2.75) is 39.0 Å². The Bertz CT molecular complexity index is 1490. The van der Waals surface area contributed by atoms with Crippen molar-refractivity contribution >= 4 is 23.4 Å². The van der Waals surface area contributed by atoms with Crippen LogP contribution in [0.5, 0.6) is 11.5 Å². The van der Waals surface area contributed by atoms with E-state index in [1.54, 1.807) is 36.0 Å². The molecule has 1 aliphatic rings. The molecular formula is C29H30N6O3. The van der Waals surface area contributed by atoms with Crippen molar-refractivity contribution in [1.82, 2.24) is 20.1 Å². The molecule has 1 saturated carbocycles. The van der Waals surface area contributed by atoms with Crippen molar-refractivity contribution in [3.63, 3.8) is 0 Å². The maximum atomic E-state index is 13.0. The molecule has 0 atom stereocenters. The SMILES string of the molecule is CNC(=O)c1cc(Oc2ccc(NC(=O)Nc3cc(C4CCC4)nn3-c3cccc(C)c3)c(C)c2)ccn1. The molecule has 9 nitrogen and oxygen atoms in total. The van der Waals surface area contributed by atoms with E-state index in [0.717, 1.165) is 35.3 Å². The zero-order valence-corrected chi connectivity index (χ0v) is 21.6. The fraction of sp³-hybridized carbons (Fsp3) is 0.241. The number of aromatic nitrogens is 3. The highest BCUT2D eigenvalue weighted by molar-refractivity contribution is 6.00. The molecule has 38 heavy (non-hydrogen) atoms. The molecule has 3 amide bonds. The number of pyridine rings is 1. The second-order valence-corrected chi connectivity index (χ2v) is 9.45. The Morgan fingerprint density at radius 1 is 0.974 bits per heavy atom. The highest BCUT2D eigenvalue weighted by Gasteiger charge is 2.24. The summed E-state index contributed by atoms with van der Waals surface area (Å²) in [5, 5.41) is 13.3. The highest BCUT2D eigenvalue weighted by atomic mass is 16.5. The van der Waals surface area contributed by atoms with Crippen LogP contribution in [0, 0.1) is 13.8 Å². The van der Waals surface area contributed by atoms with Crippen LogP contribution in [-0.2, 0) is 0 Å². The average Bonchev–Trinajstić information content (AvgIpc) is 3.27. The summed E-state index contributed by atoms with van der Waals surface area (Å²) >= 11 is 0. The Morgan fingerprint density at radius 3 is 2.50 bits per heavy atom. The van der Waals surface area contributed by atoms with Gasteiger partial charge in [0.05, 0.1) is 11.4 Å². The van der Waals surface area contributed by atoms with Crippen LogP contribution in [-0.4, -0.2) is 33.8 Å². The summed E-state index contributed by atoms with van der Waals surface area (Å²) in [6, 6.07) is 18.3. The van der Waals surface area contributed by atoms with Gasteiger partial charge in [0.1, 0.15) is 23.0 Å². The molecule has 194 valence electrons. The minimum Gasteiger partial charge on any atom is -0.457 e. The van der Waals surface area contributed by atoms with Crippen LogP contribution >= 0.6 is 0 Å². The number of hydrogen-bond donors (Lipinski definition) is 3. The van der Waals surface area contributed by atoms with E-state index < -0.39 is 0 Å². The van der Waals surface area contributed by atoms with Gasteiger partial charge in [-0.25, -0.2) is 9.48 Å². The third kappa shape index (κ3) is 5.51. The minimum atomic E-state index is -0.361. The minimum absolute atomic E-state index is 0.266. The molecule has 5 rings (SSSR count). The number of nitrogens with one attached hydrogen (secondary N) is 3. The van der Waals surface area contributed by atoms with E-state index in [2.05, 4.69) is 20.9 Å². The molecule has 2 aromatic carbocycles. The fourth-order valence-electron chi connectivity index (χ4n) is 4.32. The van der Waals surface area contributed by atoms with Gasteiger partial charge in [-0.05, 0) is 74.2 Å². The van der Waals surface area contributed by atoms with Crippen LogP contribution in [0.2, 0.25) is 0 Å². The first-order valence-electron chi connectivity index (χ1n) is 12.6. The Morgan fingerprint density at radius 2 is 1.79 bits per heavy atom. The van der Waals surface area contributed by atoms with Gasteiger partial charge in [-0.3, -0.25) is 15.1 Å². The second kappa shape index (κ2) is 10.8. The molecule has 0 unspecified atom stereocenters. The zero-order valence-electron chi connectivity index (χ0n) is 21.6. The second-order valence-electron chi connectivity index (χ2n) is 9.45. The molecule has 1 aliphatic carbocycles. The molecule has 0 spiro atoms. The third-order valence-corrected chi connectivity index (χ3v) is 6.61. The molecule has 2 heterocycles. The Hall–Kier alpha value is -4.66. The lowest BCUT2D eigenvalue weighted by atomic mass is 9.83. The number of carbonyl (C=O) groups excluding carboxylic acids is 2. The van der Waals surface area contributed by atoms with Crippen LogP contribution in [0.3, 0.4) is 0 Å². The lowest BCUT2D eigenvalue weighted by molar-refractivity contribution is 0.0958. The van der Waals surface area contributed by atoms with Crippen LogP contribution in [0.4, 0.5) is 16.3 Å². The molecule has 3 N–H and O–H groups in total. The number of nitrogens with zero attached hydrogens (tertiary/aromatic N) is 3. The van der Waals surface area contributed by atoms with Crippen LogP contribution in [0.1, 0.15) is 52.5 Å². The molecular weight excluding hydrogens is 480 g/mol. The van der Waals surface area contributed by atoms with E-state index >= 15 is 0 Å². The van der Waals surface area contributed by atoms with E-state index in [1.807, 2.05) is 50.2 Å². The van der Waals surface area contributed by atoms with Crippen LogP contribution < -0.4 is 20.7 Å². The van der Waals surface area contributed by atoms with Gasteiger partial charge in [0.2, 0.25) is 0 Å². The predicted molar refractivity (Wildman–Crippen MR) is 146 cm³/mol. The first-order chi connectivity index (χ1) is 18.4. The first-order valence-corrected chi connectivity index (χ1v) is 12.6. The maximum Gasteiger partial charge on any atom is 0.324 e. The summed E-state index contributed by atoms with van der Waals surface area (Å²) in [6.45, 7) is 3.92. The van der Waals surface area contributed by atoms with Gasteiger partial charge in [-0.1, -0.05) is 18.6 Å². The average molecular weight is 511 g/mol. The predicted octanol–water partition coefficient (Wildman–Crippen LogP) is 5.95. The largest absolute Gasteiger partial charge is 0.457 e. The maximum absolute atomic E-state index is 13.0. The molecule has 1 fully saturated rings. The zero-order chi connectivity index (χ0) is 26.6. The highest BCUT2D eigenvalue weighted by Crippen LogP contribution is 2.37. The fourth-order valence-corrected chi connectivity index (χ4v) is 4.32. The number of ether oxygens (including phenoxy) is 1. The number of hydrogen-bond acceptors (Lipinski definition) is 5. The van der Waals surface area contributed by atoms with Crippen LogP contribution in [0.25, 0.3) is 5.69 Å². The van der Waals surface area contributed by atoms with Crippen molar-refractivity contribution in [2.24, 2.45) is 0 Å². The third-order valence-electron chi connectivity index (χ3n) is 6.61. The first kappa shape index (κ1) is 25.0. The number of carbonyl (C=O) groups is 2. The van der Waals surface area contributed by atoms with E-state index in [9.17, 15) is 9.59 Å². The van der Waals surface area contributed by atoms with Gasteiger partial charge in [0.15, 0.2) is 0 Å². The van der Waals surface area contributed by atoms with E-state index in [4.69, 9.17) is 9.84 Å². The normalized spacial score (nSPS) is 12.9. The monoisotopic (exact) mass is 510 g/mol. The summed E-state index contributed by atoms with van der Waals surface area (Å²) in [5.74, 6) is 1.83. The standard InChI is InChI=1S/C29H30N6O3/c1-18-6-4-9-21(14-18)35-27(17-25(34-35)20-7-5-8-20)33-29(37)32-24-11-10-22(15-19(24)2)38-23-12-13-31-26(16-23)28(36)30-3/h4,6,9-17,20H,5,7-8H2,1-3H3,(H,30,36)(H2,32,33,37).